The highest BCUT2D eigenvalue weighted by Crippen LogP contribution is 2.44. The van der Waals surface area contributed by atoms with Crippen LogP contribution in [0, 0.1) is 5.95 Å². The number of nitrogens with one attached hydrogen (secondary N) is 1. The molecule has 0 radical (unpaired) electrons. The van der Waals surface area contributed by atoms with Crippen LogP contribution in [0.15, 0.2) is 54.7 Å². The van der Waals surface area contributed by atoms with Gasteiger partial charge in [0.15, 0.2) is 0 Å². The van der Waals surface area contributed by atoms with Crippen LogP contribution in [-0.2, 0) is 4.79 Å². The molecule has 0 amide bonds. The zero-order valence-corrected chi connectivity index (χ0v) is 18.8. The number of aromatic nitrogens is 1. The Morgan fingerprint density at radius 3 is 2.82 bits per heavy atom. The number of carboxylic acids is 1. The van der Waals surface area contributed by atoms with Gasteiger partial charge in [-0.15, -0.1) is 0 Å². The van der Waals surface area contributed by atoms with Gasteiger partial charge in [0.25, 0.3) is 0 Å². The van der Waals surface area contributed by atoms with E-state index in [1.807, 2.05) is 36.4 Å². The van der Waals surface area contributed by atoms with Gasteiger partial charge in [-0.05, 0) is 30.7 Å². The summed E-state index contributed by atoms with van der Waals surface area (Å²) in [5.41, 5.74) is 4.59. The molecule has 2 N–H and O–H groups in total. The molecule has 8 heteroatoms. The maximum absolute atomic E-state index is 13.4. The third-order valence-corrected chi connectivity index (χ3v) is 6.21. The molecule has 0 aliphatic carbocycles. The topological polar surface area (TPSA) is 83.9 Å². The van der Waals surface area contributed by atoms with Crippen LogP contribution in [-0.4, -0.2) is 35.8 Å². The van der Waals surface area contributed by atoms with Gasteiger partial charge in [0, 0.05) is 35.3 Å². The summed E-state index contributed by atoms with van der Waals surface area (Å²) in [7, 11) is 0. The Balaban J connectivity index is 1.39. The summed E-state index contributed by atoms with van der Waals surface area (Å²) >= 11 is 0. The van der Waals surface area contributed by atoms with Crippen molar-refractivity contribution in [1.82, 2.24) is 4.98 Å². The maximum atomic E-state index is 13.4. The summed E-state index contributed by atoms with van der Waals surface area (Å²) in [6.07, 6.45) is 2.50. The van der Waals surface area contributed by atoms with Crippen LogP contribution < -0.4 is 19.7 Å². The van der Waals surface area contributed by atoms with Gasteiger partial charge < -0.3 is 24.8 Å². The van der Waals surface area contributed by atoms with E-state index in [9.17, 15) is 9.18 Å². The quantitative estimate of drug-likeness (QED) is 0.441. The van der Waals surface area contributed by atoms with Crippen LogP contribution in [0.4, 0.5) is 21.5 Å². The van der Waals surface area contributed by atoms with E-state index in [2.05, 4.69) is 22.1 Å². The number of rotatable bonds is 8. The van der Waals surface area contributed by atoms with Crippen LogP contribution in [0.1, 0.15) is 42.9 Å². The van der Waals surface area contributed by atoms with E-state index in [4.69, 9.17) is 14.6 Å². The highest BCUT2D eigenvalue weighted by atomic mass is 19.1. The number of anilines is 3. The van der Waals surface area contributed by atoms with Crippen LogP contribution in [0.25, 0.3) is 0 Å². The first kappa shape index (κ1) is 22.0. The predicted molar refractivity (Wildman–Crippen MR) is 127 cm³/mol. The van der Waals surface area contributed by atoms with E-state index < -0.39 is 11.9 Å². The maximum Gasteiger partial charge on any atom is 0.304 e. The molecule has 0 fully saturated rings. The van der Waals surface area contributed by atoms with E-state index in [-0.39, 0.29) is 18.4 Å². The zero-order chi connectivity index (χ0) is 23.7. The first-order valence-electron chi connectivity index (χ1n) is 11.4. The third-order valence-electron chi connectivity index (χ3n) is 6.21. The number of carbonyl (C=O) groups is 1. The predicted octanol–water partition coefficient (Wildman–Crippen LogP) is 5.27. The number of aliphatic carboxylic acids is 1. The van der Waals surface area contributed by atoms with Gasteiger partial charge in [0.1, 0.15) is 18.1 Å². The van der Waals surface area contributed by atoms with Crippen molar-refractivity contribution in [2.45, 2.75) is 31.7 Å². The molecule has 2 atom stereocenters. The summed E-state index contributed by atoms with van der Waals surface area (Å²) in [5, 5.41) is 12.6. The van der Waals surface area contributed by atoms with Gasteiger partial charge in [-0.2, -0.15) is 4.39 Å². The lowest BCUT2D eigenvalue weighted by Crippen LogP contribution is -2.18. The molecule has 2 aliphatic rings. The summed E-state index contributed by atoms with van der Waals surface area (Å²) < 4.78 is 25.3. The van der Waals surface area contributed by atoms with Gasteiger partial charge >= 0.3 is 5.97 Å². The Bertz CT molecular complexity index is 1200. The standard InChI is InChI=1S/C26H26FN3O4/c1-2-10-30(18-7-9-24(27)28-13-18)22-5-3-4-20-21(15-34-26(20)22)29-17-6-8-19-16(11-25(31)32)14-33-23(19)12-17/h3-9,12-13,16,21,29H,2,10-11,14-15H2,1H3,(H,31,32)/t16-,21-/m1/s1. The largest absolute Gasteiger partial charge is 0.493 e. The number of hydrogen-bond donors (Lipinski definition) is 2. The Morgan fingerprint density at radius 2 is 2.06 bits per heavy atom. The van der Waals surface area contributed by atoms with Gasteiger partial charge in [0.2, 0.25) is 5.95 Å². The van der Waals surface area contributed by atoms with Crippen LogP contribution in [0.5, 0.6) is 11.5 Å². The Kier molecular flexibility index (Phi) is 5.96. The molecular formula is C26H26FN3O4. The minimum atomic E-state index is -0.826. The molecule has 0 bridgehead atoms. The van der Waals surface area contributed by atoms with Crippen molar-refractivity contribution in [3.05, 3.63) is 71.8 Å². The molecule has 176 valence electrons. The molecule has 0 saturated heterocycles. The third kappa shape index (κ3) is 4.23. The first-order chi connectivity index (χ1) is 16.5. The lowest BCUT2D eigenvalue weighted by Gasteiger charge is -2.26. The van der Waals surface area contributed by atoms with Crippen molar-refractivity contribution in [1.29, 1.82) is 0 Å². The smallest absolute Gasteiger partial charge is 0.304 e. The average molecular weight is 464 g/mol. The lowest BCUT2D eigenvalue weighted by atomic mass is 9.97. The number of para-hydroxylation sites is 1. The van der Waals surface area contributed by atoms with Crippen molar-refractivity contribution in [3.8, 4) is 11.5 Å². The second-order valence-corrected chi connectivity index (χ2v) is 8.55. The second kappa shape index (κ2) is 9.21. The number of carboxylic acid groups (broad SMARTS) is 1. The van der Waals surface area contributed by atoms with Crippen molar-refractivity contribution >= 4 is 23.0 Å². The number of halogens is 1. The number of hydrogen-bond acceptors (Lipinski definition) is 6. The monoisotopic (exact) mass is 463 g/mol. The van der Waals surface area contributed by atoms with E-state index in [1.165, 1.54) is 12.3 Å². The molecule has 0 saturated carbocycles. The molecule has 2 aliphatic heterocycles. The van der Waals surface area contributed by atoms with Gasteiger partial charge in [-0.1, -0.05) is 25.1 Å². The number of pyridine rings is 1. The van der Waals surface area contributed by atoms with Crippen LogP contribution in [0.2, 0.25) is 0 Å². The fourth-order valence-electron chi connectivity index (χ4n) is 4.65. The molecule has 5 rings (SSSR count). The molecule has 0 spiro atoms. The highest BCUT2D eigenvalue weighted by molar-refractivity contribution is 5.73. The Labute approximate surface area is 197 Å². The second-order valence-electron chi connectivity index (χ2n) is 8.55. The molecule has 34 heavy (non-hydrogen) atoms. The van der Waals surface area contributed by atoms with Crippen molar-refractivity contribution < 1.29 is 23.8 Å². The van der Waals surface area contributed by atoms with Crippen molar-refractivity contribution in [3.63, 3.8) is 0 Å². The number of benzene rings is 2. The van der Waals surface area contributed by atoms with Crippen LogP contribution in [0.3, 0.4) is 0 Å². The fraction of sp³-hybridized carbons (Fsp3) is 0.308. The van der Waals surface area contributed by atoms with Crippen molar-refractivity contribution in [2.75, 3.05) is 30.0 Å². The Morgan fingerprint density at radius 1 is 1.18 bits per heavy atom. The fourth-order valence-corrected chi connectivity index (χ4v) is 4.65. The first-order valence-corrected chi connectivity index (χ1v) is 11.4. The normalized spacial score (nSPS) is 17.9. The minimum absolute atomic E-state index is 0.0564. The Hall–Kier alpha value is -3.81. The minimum Gasteiger partial charge on any atom is -0.493 e. The van der Waals surface area contributed by atoms with Crippen LogP contribution >= 0.6 is 0 Å². The summed E-state index contributed by atoms with van der Waals surface area (Å²) in [5.74, 6) is 0.0724. The van der Waals surface area contributed by atoms with Crippen molar-refractivity contribution in [2.24, 2.45) is 0 Å². The van der Waals surface area contributed by atoms with Gasteiger partial charge in [0.05, 0.1) is 36.6 Å². The van der Waals surface area contributed by atoms with E-state index in [1.54, 1.807) is 6.07 Å². The summed E-state index contributed by atoms with van der Waals surface area (Å²) in [6.45, 7) is 3.68. The molecular weight excluding hydrogens is 437 g/mol. The summed E-state index contributed by atoms with van der Waals surface area (Å²) in [4.78, 5) is 17.0. The SMILES string of the molecule is CCCN(c1ccc(F)nc1)c1cccc2c1OC[C@H]2Nc1ccc2c(c1)OC[C@H]2CC(=O)O. The molecule has 2 aromatic carbocycles. The van der Waals surface area contributed by atoms with E-state index in [0.717, 1.165) is 52.7 Å². The zero-order valence-electron chi connectivity index (χ0n) is 18.8. The summed E-state index contributed by atoms with van der Waals surface area (Å²) in [6, 6.07) is 14.9. The number of ether oxygens (including phenoxy) is 2. The number of fused-ring (bicyclic) bond motifs is 2. The molecule has 1 aromatic heterocycles. The molecule has 7 nitrogen and oxygen atoms in total. The van der Waals surface area contributed by atoms with Gasteiger partial charge in [-0.25, -0.2) is 4.98 Å². The molecule has 0 unspecified atom stereocenters. The van der Waals surface area contributed by atoms with E-state index >= 15 is 0 Å². The van der Waals surface area contributed by atoms with E-state index in [0.29, 0.717) is 13.2 Å². The number of nitrogens with zero attached hydrogens (tertiary/aromatic N) is 2. The highest BCUT2D eigenvalue weighted by Gasteiger charge is 2.30. The molecule has 3 heterocycles. The van der Waals surface area contributed by atoms with Gasteiger partial charge in [-0.3, -0.25) is 4.79 Å². The average Bonchev–Trinajstić information content (AvgIpc) is 3.42. The molecule has 3 aromatic rings. The lowest BCUT2D eigenvalue weighted by molar-refractivity contribution is -0.137.